The number of imide groups is 1. The normalized spacial score (nSPS) is 6.78. The van der Waals surface area contributed by atoms with E-state index >= 15 is 0 Å². The molecule has 0 aromatic rings. The third-order valence-corrected chi connectivity index (χ3v) is 0.683. The average molecular weight is 206 g/mol. The maximum absolute atomic E-state index is 10.1. The van der Waals surface area contributed by atoms with E-state index in [9.17, 15) is 9.59 Å². The standard InChI is InChI=1S/C2H4BrN3O2.Na.H/c3-6-2(8)5-1(4)7;;/h(H4,4,5,6,7,8);;. The minimum atomic E-state index is -0.887. The number of amides is 4. The Labute approximate surface area is 82.4 Å². The molecule has 0 saturated heterocycles. The molecular formula is C2H5BrN3NaO2. The second-order valence-corrected chi connectivity index (χ2v) is 1.31. The third-order valence-electron chi connectivity index (χ3n) is 0.323. The van der Waals surface area contributed by atoms with Crippen molar-refractivity contribution in [1.82, 2.24) is 9.66 Å². The fraction of sp³-hybridized carbons (Fsp3) is 0. The molecule has 0 aliphatic heterocycles. The molecule has 5 nitrogen and oxygen atoms in total. The van der Waals surface area contributed by atoms with Crippen LogP contribution in [0.1, 0.15) is 0 Å². The Morgan fingerprint density at radius 3 is 2.00 bits per heavy atom. The first kappa shape index (κ1) is 12.0. The number of halogens is 1. The van der Waals surface area contributed by atoms with Gasteiger partial charge in [-0.15, -0.1) is 0 Å². The summed E-state index contributed by atoms with van der Waals surface area (Å²) in [6.07, 6.45) is 0. The number of carbonyl (C=O) groups is 2. The second kappa shape index (κ2) is 6.34. The van der Waals surface area contributed by atoms with Gasteiger partial charge >= 0.3 is 41.6 Å². The van der Waals surface area contributed by atoms with Gasteiger partial charge in [-0.3, -0.25) is 9.66 Å². The molecule has 9 heavy (non-hydrogen) atoms. The number of hydrogen-bond acceptors (Lipinski definition) is 2. The van der Waals surface area contributed by atoms with E-state index in [4.69, 9.17) is 0 Å². The van der Waals surface area contributed by atoms with Crippen molar-refractivity contribution in [3.8, 4) is 0 Å². The molecule has 0 bridgehead atoms. The zero-order chi connectivity index (χ0) is 6.57. The number of rotatable bonds is 0. The Morgan fingerprint density at radius 1 is 1.44 bits per heavy atom. The van der Waals surface area contributed by atoms with E-state index in [0.29, 0.717) is 0 Å². The molecule has 4 amide bonds. The van der Waals surface area contributed by atoms with E-state index < -0.39 is 12.1 Å². The Balaban J connectivity index is 0. The Bertz CT molecular complexity index is 118. The van der Waals surface area contributed by atoms with Gasteiger partial charge in [0, 0.05) is 0 Å². The number of primary amides is 1. The first-order valence-electron chi connectivity index (χ1n) is 1.64. The van der Waals surface area contributed by atoms with E-state index in [-0.39, 0.29) is 29.6 Å². The van der Waals surface area contributed by atoms with Gasteiger partial charge in [0.1, 0.15) is 0 Å². The monoisotopic (exact) mass is 205 g/mol. The number of hydrogen-bond donors (Lipinski definition) is 3. The molecule has 0 spiro atoms. The summed E-state index contributed by atoms with van der Waals surface area (Å²) in [5.74, 6) is 0. The number of urea groups is 2. The van der Waals surface area contributed by atoms with Gasteiger partial charge in [-0.1, -0.05) is 0 Å². The summed E-state index contributed by atoms with van der Waals surface area (Å²) < 4.78 is 1.96. The van der Waals surface area contributed by atoms with Crippen LogP contribution >= 0.6 is 16.1 Å². The Kier molecular flexibility index (Phi) is 8.42. The molecule has 0 aliphatic rings. The first-order valence-corrected chi connectivity index (χ1v) is 2.43. The maximum atomic E-state index is 10.1. The van der Waals surface area contributed by atoms with Crippen LogP contribution in [-0.4, -0.2) is 41.6 Å². The van der Waals surface area contributed by atoms with Gasteiger partial charge in [0.2, 0.25) is 0 Å². The van der Waals surface area contributed by atoms with Gasteiger partial charge in [-0.2, -0.15) is 0 Å². The summed E-state index contributed by atoms with van der Waals surface area (Å²) in [7, 11) is 0. The number of nitrogens with one attached hydrogen (secondary N) is 2. The fourth-order valence-corrected chi connectivity index (χ4v) is 0.235. The van der Waals surface area contributed by atoms with Gasteiger partial charge < -0.3 is 5.73 Å². The van der Waals surface area contributed by atoms with Crippen LogP contribution in [-0.2, 0) is 0 Å². The Hall–Kier alpha value is 0.220. The average Bonchev–Trinajstić information content (AvgIpc) is 1.65. The van der Waals surface area contributed by atoms with E-state index in [0.717, 1.165) is 0 Å². The van der Waals surface area contributed by atoms with Gasteiger partial charge in [0.05, 0.1) is 16.1 Å². The molecule has 0 fully saturated rings. The van der Waals surface area contributed by atoms with E-state index in [2.05, 4.69) is 21.9 Å². The molecule has 0 aromatic carbocycles. The summed E-state index contributed by atoms with van der Waals surface area (Å²) in [4.78, 5) is 19.9. The summed E-state index contributed by atoms with van der Waals surface area (Å²) in [6, 6.07) is -1.57. The van der Waals surface area contributed by atoms with Crippen LogP contribution in [0.2, 0.25) is 0 Å². The summed E-state index contributed by atoms with van der Waals surface area (Å²) in [5.41, 5.74) is 4.54. The molecule has 4 N–H and O–H groups in total. The molecule has 0 saturated carbocycles. The van der Waals surface area contributed by atoms with Crippen molar-refractivity contribution < 1.29 is 9.59 Å². The number of carbonyl (C=O) groups excluding carboxylic acids is 2. The topological polar surface area (TPSA) is 84.2 Å². The summed E-state index contributed by atoms with van der Waals surface area (Å²) >= 11 is 2.57. The Morgan fingerprint density at radius 2 is 1.89 bits per heavy atom. The van der Waals surface area contributed by atoms with Gasteiger partial charge in [0.15, 0.2) is 0 Å². The summed E-state index contributed by atoms with van der Waals surface area (Å²) in [5, 5.41) is 1.73. The molecule has 0 aromatic heterocycles. The van der Waals surface area contributed by atoms with Crippen LogP contribution in [0.5, 0.6) is 0 Å². The zero-order valence-electron chi connectivity index (χ0n) is 3.77. The van der Waals surface area contributed by atoms with Crippen molar-refractivity contribution in [3.63, 3.8) is 0 Å². The van der Waals surface area contributed by atoms with E-state index in [1.54, 1.807) is 5.32 Å². The second-order valence-electron chi connectivity index (χ2n) is 0.913. The van der Waals surface area contributed by atoms with Crippen molar-refractivity contribution in [1.29, 1.82) is 0 Å². The van der Waals surface area contributed by atoms with Gasteiger partial charge in [-0.25, -0.2) is 9.59 Å². The molecule has 0 aliphatic carbocycles. The first-order chi connectivity index (χ1) is 3.66. The predicted molar refractivity (Wildman–Crippen MR) is 37.3 cm³/mol. The van der Waals surface area contributed by atoms with Crippen LogP contribution < -0.4 is 15.4 Å². The van der Waals surface area contributed by atoms with Crippen molar-refractivity contribution in [2.75, 3.05) is 0 Å². The third kappa shape index (κ3) is 8.22. The molecule has 7 heteroatoms. The van der Waals surface area contributed by atoms with Crippen molar-refractivity contribution in [3.05, 3.63) is 0 Å². The molecule has 0 atom stereocenters. The van der Waals surface area contributed by atoms with Crippen LogP contribution in [0, 0.1) is 0 Å². The quantitative estimate of drug-likeness (QED) is 0.351. The molecule has 48 valence electrons. The molecule has 0 heterocycles. The molecule has 0 radical (unpaired) electrons. The summed E-state index contributed by atoms with van der Waals surface area (Å²) in [6.45, 7) is 0. The van der Waals surface area contributed by atoms with E-state index in [1.807, 2.05) is 4.34 Å². The minimum absolute atomic E-state index is 0. The SMILES string of the molecule is NC(=O)NC(=O)NBr.[NaH]. The molecule has 0 rings (SSSR count). The van der Waals surface area contributed by atoms with Crippen LogP contribution in [0.25, 0.3) is 0 Å². The molecule has 0 unspecified atom stereocenters. The van der Waals surface area contributed by atoms with Crippen molar-refractivity contribution >= 4 is 57.8 Å². The van der Waals surface area contributed by atoms with Crippen molar-refractivity contribution in [2.24, 2.45) is 5.73 Å². The predicted octanol–water partition coefficient (Wildman–Crippen LogP) is -0.974. The van der Waals surface area contributed by atoms with Gasteiger partial charge in [-0.05, 0) is 0 Å². The molecular weight excluding hydrogens is 201 g/mol. The van der Waals surface area contributed by atoms with Crippen LogP contribution in [0.3, 0.4) is 0 Å². The van der Waals surface area contributed by atoms with E-state index in [1.165, 1.54) is 0 Å². The van der Waals surface area contributed by atoms with Gasteiger partial charge in [0.25, 0.3) is 0 Å². The fourth-order valence-electron chi connectivity index (χ4n) is 0.136. The number of nitrogens with two attached hydrogens (primary N) is 1. The van der Waals surface area contributed by atoms with Crippen molar-refractivity contribution in [2.45, 2.75) is 0 Å². The van der Waals surface area contributed by atoms with Crippen LogP contribution in [0.15, 0.2) is 0 Å². The van der Waals surface area contributed by atoms with Crippen LogP contribution in [0.4, 0.5) is 9.59 Å². The zero-order valence-corrected chi connectivity index (χ0v) is 5.36.